The van der Waals surface area contributed by atoms with Gasteiger partial charge in [0, 0.05) is 29.5 Å². The monoisotopic (exact) mass is 266 g/mol. The number of hydrogen-bond acceptors (Lipinski definition) is 4. The molecule has 0 rings (SSSR count). The lowest BCUT2D eigenvalue weighted by Gasteiger charge is -2.33. The van der Waals surface area contributed by atoms with E-state index in [4.69, 9.17) is 0 Å². The maximum Gasteiger partial charge on any atom is 0.121 e. The van der Waals surface area contributed by atoms with Crippen LogP contribution in [0.25, 0.3) is 0 Å². The maximum atomic E-state index is 11.5. The normalized spacial score (nSPS) is 16.0. The standard InChI is InChI=1S/C13H15O4P/c1-11(2)18(10-17,12(3)4-7-14)13(5-8-15)6-9-16/h4-6,11-13H,1-3H3. The molecule has 0 aromatic rings. The third kappa shape index (κ3) is 3.19. The van der Waals surface area contributed by atoms with E-state index in [1.807, 2.05) is 5.66 Å². The Morgan fingerprint density at radius 1 is 0.833 bits per heavy atom. The Labute approximate surface area is 106 Å². The van der Waals surface area contributed by atoms with Crippen LogP contribution >= 0.6 is 6.89 Å². The predicted molar refractivity (Wildman–Crippen MR) is 71.8 cm³/mol. The summed E-state index contributed by atoms with van der Waals surface area (Å²) in [6, 6.07) is 0. The molecule has 0 heterocycles. The summed E-state index contributed by atoms with van der Waals surface area (Å²) in [5.74, 6) is 4.84. The van der Waals surface area contributed by atoms with Crippen LogP contribution in [0.4, 0.5) is 0 Å². The van der Waals surface area contributed by atoms with E-state index in [2.05, 4.69) is 0 Å². The van der Waals surface area contributed by atoms with Gasteiger partial charge in [0.2, 0.25) is 0 Å². The summed E-state index contributed by atoms with van der Waals surface area (Å²) in [5.41, 5.74) is 0.769. The molecule has 0 aromatic carbocycles. The lowest BCUT2D eigenvalue weighted by atomic mass is 10.4. The minimum absolute atomic E-state index is 0.131. The predicted octanol–water partition coefficient (Wildman–Crippen LogP) is 1.40. The van der Waals surface area contributed by atoms with Crippen molar-refractivity contribution in [3.63, 3.8) is 0 Å². The van der Waals surface area contributed by atoms with Crippen molar-refractivity contribution in [1.29, 1.82) is 0 Å². The van der Waals surface area contributed by atoms with Crippen molar-refractivity contribution in [3.05, 3.63) is 18.2 Å². The molecule has 0 aromatic heterocycles. The van der Waals surface area contributed by atoms with Crippen LogP contribution in [0.2, 0.25) is 0 Å². The van der Waals surface area contributed by atoms with Gasteiger partial charge < -0.3 is 0 Å². The molecule has 0 amide bonds. The van der Waals surface area contributed by atoms with Gasteiger partial charge in [-0.2, -0.15) is 0 Å². The highest BCUT2D eigenvalue weighted by Gasteiger charge is 2.35. The Balaban J connectivity index is 6.19. The second-order valence-electron chi connectivity index (χ2n) is 4.10. The third-order valence-corrected chi connectivity index (χ3v) is 7.77. The van der Waals surface area contributed by atoms with Gasteiger partial charge in [-0.1, -0.05) is 20.8 Å². The van der Waals surface area contributed by atoms with Crippen LogP contribution in [-0.4, -0.2) is 40.5 Å². The van der Waals surface area contributed by atoms with E-state index >= 15 is 0 Å². The van der Waals surface area contributed by atoms with Crippen LogP contribution < -0.4 is 0 Å². The zero-order valence-corrected chi connectivity index (χ0v) is 11.4. The topological polar surface area (TPSA) is 68.3 Å². The van der Waals surface area contributed by atoms with Gasteiger partial charge in [0.1, 0.15) is 23.5 Å². The van der Waals surface area contributed by atoms with Crippen molar-refractivity contribution in [3.8, 4) is 0 Å². The van der Waals surface area contributed by atoms with Gasteiger partial charge in [-0.3, -0.25) is 0 Å². The average molecular weight is 266 g/mol. The van der Waals surface area contributed by atoms with Gasteiger partial charge in [-0.25, -0.2) is 19.2 Å². The van der Waals surface area contributed by atoms with Crippen LogP contribution in [0, 0.1) is 0 Å². The quantitative estimate of drug-likeness (QED) is 0.538. The molecular weight excluding hydrogens is 251 g/mol. The molecule has 0 saturated heterocycles. The fourth-order valence-corrected chi connectivity index (χ4v) is 5.58. The lowest BCUT2D eigenvalue weighted by Crippen LogP contribution is -2.20. The van der Waals surface area contributed by atoms with Gasteiger partial charge >= 0.3 is 0 Å². The summed E-state index contributed by atoms with van der Waals surface area (Å²) in [5, 5.41) is 0. The molecule has 96 valence electrons. The zero-order chi connectivity index (χ0) is 14.2. The molecule has 2 atom stereocenters. The minimum atomic E-state index is -2.56. The molecule has 0 saturated carbocycles. The first-order chi connectivity index (χ1) is 8.50. The molecule has 0 N–H and O–H groups in total. The van der Waals surface area contributed by atoms with Crippen molar-refractivity contribution >= 4 is 30.4 Å². The number of hydrogen-bond donors (Lipinski definition) is 0. The molecule has 0 spiro atoms. The van der Waals surface area contributed by atoms with Crippen molar-refractivity contribution in [2.24, 2.45) is 0 Å². The van der Waals surface area contributed by atoms with Crippen LogP contribution in [0.1, 0.15) is 20.8 Å². The Bertz CT molecular complexity index is 491. The summed E-state index contributed by atoms with van der Waals surface area (Å²) in [6.45, 7) is 2.74. The van der Waals surface area contributed by atoms with E-state index in [1.54, 1.807) is 38.6 Å². The Hall–Kier alpha value is -1.64. The molecule has 18 heavy (non-hydrogen) atoms. The molecule has 0 aliphatic carbocycles. The molecule has 0 radical (unpaired) electrons. The lowest BCUT2D eigenvalue weighted by molar-refractivity contribution is 0.567. The SMILES string of the molecule is CC(C)P(=C=O)(C(C)C=C=O)C(C=C=O)C=C=O. The average Bonchev–Trinajstić information content (AvgIpc) is 2.31. The smallest absolute Gasteiger partial charge is 0.121 e. The first kappa shape index (κ1) is 16.4. The van der Waals surface area contributed by atoms with Crippen LogP contribution in [0.5, 0.6) is 0 Å². The van der Waals surface area contributed by atoms with E-state index in [-0.39, 0.29) is 5.66 Å². The number of rotatable bonds is 6. The summed E-state index contributed by atoms with van der Waals surface area (Å²) < 4.78 is 0. The van der Waals surface area contributed by atoms with E-state index in [0.717, 1.165) is 12.2 Å². The van der Waals surface area contributed by atoms with Gasteiger partial charge in [-0.15, -0.1) is 0 Å². The molecule has 0 aliphatic rings. The molecule has 2 unspecified atom stereocenters. The van der Waals surface area contributed by atoms with Crippen molar-refractivity contribution in [2.45, 2.75) is 37.7 Å². The highest BCUT2D eigenvalue weighted by molar-refractivity contribution is 7.76. The van der Waals surface area contributed by atoms with E-state index in [0.29, 0.717) is 0 Å². The minimum Gasteiger partial charge on any atom is -0.234 e. The van der Waals surface area contributed by atoms with Gasteiger partial charge in [0.25, 0.3) is 0 Å². The van der Waals surface area contributed by atoms with E-state index in [1.165, 1.54) is 6.08 Å². The summed E-state index contributed by atoms with van der Waals surface area (Å²) in [6.07, 6.45) is 3.49. The molecule has 0 fully saturated rings. The van der Waals surface area contributed by atoms with Crippen LogP contribution in [-0.2, 0) is 19.2 Å². The first-order valence-corrected chi connectivity index (χ1v) is 7.41. The molecule has 5 heteroatoms. The van der Waals surface area contributed by atoms with E-state index < -0.39 is 18.2 Å². The number of allylic oxidation sites excluding steroid dienone is 3. The van der Waals surface area contributed by atoms with Crippen molar-refractivity contribution < 1.29 is 19.2 Å². The highest BCUT2D eigenvalue weighted by atomic mass is 31.2. The first-order valence-electron chi connectivity index (χ1n) is 5.41. The Morgan fingerprint density at radius 2 is 1.28 bits per heavy atom. The molecule has 0 bridgehead atoms. The fourth-order valence-electron chi connectivity index (χ4n) is 1.99. The highest BCUT2D eigenvalue weighted by Crippen LogP contribution is 2.60. The zero-order valence-electron chi connectivity index (χ0n) is 10.5. The second kappa shape index (κ2) is 7.64. The third-order valence-electron chi connectivity index (χ3n) is 2.97. The van der Waals surface area contributed by atoms with Crippen LogP contribution in [0.15, 0.2) is 18.2 Å². The second-order valence-corrected chi connectivity index (χ2v) is 8.40. The molecular formula is C13H15O4P. The summed E-state index contributed by atoms with van der Waals surface area (Å²) >= 11 is 0. The van der Waals surface area contributed by atoms with Crippen LogP contribution in [0.3, 0.4) is 0 Å². The molecule has 0 aliphatic heterocycles. The molecule has 4 nitrogen and oxygen atoms in total. The summed E-state index contributed by atoms with van der Waals surface area (Å²) in [4.78, 5) is 43.0. The maximum absolute atomic E-state index is 11.5. The largest absolute Gasteiger partial charge is 0.234 e. The number of carbonyl (C=O) groups excluding carboxylic acids is 4. The van der Waals surface area contributed by atoms with Gasteiger partial charge in [0.05, 0.1) is 0 Å². The van der Waals surface area contributed by atoms with E-state index in [9.17, 15) is 19.2 Å². The van der Waals surface area contributed by atoms with Crippen molar-refractivity contribution in [1.82, 2.24) is 0 Å². The summed E-state index contributed by atoms with van der Waals surface area (Å²) in [7, 11) is 0. The van der Waals surface area contributed by atoms with Crippen molar-refractivity contribution in [2.75, 3.05) is 0 Å². The Morgan fingerprint density at radius 3 is 1.56 bits per heavy atom. The van der Waals surface area contributed by atoms with Gasteiger partial charge in [-0.05, 0) is 12.5 Å². The van der Waals surface area contributed by atoms with Gasteiger partial charge in [0.15, 0.2) is 0 Å². The Kier molecular flexibility index (Phi) is 6.94. The fraction of sp³-hybridized carbons (Fsp3) is 0.462.